The molecule has 0 aromatic heterocycles. The molecular weight excluding hydrogens is 324 g/mol. The van der Waals surface area contributed by atoms with Gasteiger partial charge in [-0.25, -0.2) is 0 Å². The number of aliphatic hydroxyl groups excluding tert-OH is 1. The lowest BCUT2D eigenvalue weighted by atomic mass is 10.1. The third-order valence-corrected chi connectivity index (χ3v) is 8.27. The minimum atomic E-state index is -1.79. The van der Waals surface area contributed by atoms with E-state index < -0.39 is 32.4 Å². The van der Waals surface area contributed by atoms with Crippen LogP contribution in [-0.4, -0.2) is 56.8 Å². The summed E-state index contributed by atoms with van der Waals surface area (Å²) in [6.07, 6.45) is -2.15. The van der Waals surface area contributed by atoms with Crippen molar-refractivity contribution in [3.63, 3.8) is 0 Å². The maximum absolute atomic E-state index is 10.9. The Hall–Kier alpha value is -0.763. The summed E-state index contributed by atoms with van der Waals surface area (Å²) in [5.41, 5.74) is 0. The molecule has 0 unspecified atom stereocenters. The van der Waals surface area contributed by atoms with Crippen LogP contribution in [0.15, 0.2) is 30.3 Å². The molecule has 24 heavy (non-hydrogen) atoms. The summed E-state index contributed by atoms with van der Waals surface area (Å²) in [6.45, 7) is 8.29. The van der Waals surface area contributed by atoms with Crippen molar-refractivity contribution in [3.05, 3.63) is 30.3 Å². The average Bonchev–Trinajstić information content (AvgIpc) is 3.00. The maximum Gasteiger partial charge on any atom is 0.186 e. The van der Waals surface area contributed by atoms with Gasteiger partial charge in [0.2, 0.25) is 0 Å². The van der Waals surface area contributed by atoms with Crippen LogP contribution in [-0.2, 0) is 18.9 Å². The lowest BCUT2D eigenvalue weighted by Crippen LogP contribution is -2.48. The Labute approximate surface area is 144 Å². The van der Waals surface area contributed by atoms with Gasteiger partial charge in [-0.05, 0) is 19.9 Å². The molecule has 1 aromatic rings. The highest BCUT2D eigenvalue weighted by Crippen LogP contribution is 2.40. The lowest BCUT2D eigenvalue weighted by molar-refractivity contribution is -0.235. The van der Waals surface area contributed by atoms with E-state index in [2.05, 4.69) is 37.4 Å². The van der Waals surface area contributed by atoms with Crippen LogP contribution in [0.25, 0.3) is 0 Å². The highest BCUT2D eigenvalue weighted by atomic mass is 28.3. The number of aliphatic hydroxyl groups is 1. The van der Waals surface area contributed by atoms with E-state index in [0.29, 0.717) is 6.04 Å². The molecule has 0 radical (unpaired) electrons. The third kappa shape index (κ3) is 3.45. The number of ether oxygens (including phenoxy) is 4. The van der Waals surface area contributed by atoms with E-state index in [9.17, 15) is 5.11 Å². The molecule has 2 saturated heterocycles. The third-order valence-electron chi connectivity index (χ3n) is 4.93. The van der Waals surface area contributed by atoms with Gasteiger partial charge in [-0.2, -0.15) is 0 Å². The molecule has 1 aromatic carbocycles. The number of rotatable bonds is 5. The number of methoxy groups -OCH3 is 1. The molecule has 0 amide bonds. The first kappa shape index (κ1) is 18.0. The quantitative estimate of drug-likeness (QED) is 0.820. The van der Waals surface area contributed by atoms with Crippen LogP contribution in [0.4, 0.5) is 0 Å². The highest BCUT2D eigenvalue weighted by molar-refractivity contribution is 6.89. The zero-order valence-corrected chi connectivity index (χ0v) is 16.1. The Morgan fingerprint density at radius 3 is 2.42 bits per heavy atom. The van der Waals surface area contributed by atoms with E-state index in [1.54, 1.807) is 7.11 Å². The Morgan fingerprint density at radius 1 is 1.17 bits per heavy atom. The molecule has 0 spiro atoms. The molecule has 134 valence electrons. The van der Waals surface area contributed by atoms with Gasteiger partial charge in [-0.3, -0.25) is 0 Å². The molecule has 0 aliphatic carbocycles. The molecule has 5 atom stereocenters. The largest absolute Gasteiger partial charge is 0.391 e. The van der Waals surface area contributed by atoms with Gasteiger partial charge in [0, 0.05) is 7.11 Å². The average molecular weight is 353 g/mol. The van der Waals surface area contributed by atoms with Gasteiger partial charge < -0.3 is 24.1 Å². The number of hydrogen-bond acceptors (Lipinski definition) is 5. The van der Waals surface area contributed by atoms with Gasteiger partial charge in [-0.15, -0.1) is 0 Å². The SMILES string of the molecule is CO[C@@H]1O[C@H]([C@@H](O)C[Si](C)(C)c2ccccc2)[C@H]2OC(C)(C)O[C@@H]12. The molecule has 1 N–H and O–H groups in total. The van der Waals surface area contributed by atoms with E-state index in [4.69, 9.17) is 18.9 Å². The molecule has 0 saturated carbocycles. The van der Waals surface area contributed by atoms with Crippen LogP contribution in [0.1, 0.15) is 13.8 Å². The van der Waals surface area contributed by atoms with E-state index >= 15 is 0 Å². The Morgan fingerprint density at radius 2 is 1.79 bits per heavy atom. The van der Waals surface area contributed by atoms with Crippen molar-refractivity contribution in [2.75, 3.05) is 7.11 Å². The first-order valence-corrected chi connectivity index (χ1v) is 11.7. The Balaban J connectivity index is 1.74. The van der Waals surface area contributed by atoms with Gasteiger partial charge in [0.15, 0.2) is 12.1 Å². The minimum Gasteiger partial charge on any atom is -0.391 e. The van der Waals surface area contributed by atoms with E-state index in [1.807, 2.05) is 19.9 Å². The van der Waals surface area contributed by atoms with Crippen LogP contribution < -0.4 is 5.19 Å². The van der Waals surface area contributed by atoms with Gasteiger partial charge in [-0.1, -0.05) is 48.6 Å². The molecule has 3 rings (SSSR count). The fraction of sp³-hybridized carbons (Fsp3) is 0.667. The first-order valence-electron chi connectivity index (χ1n) is 8.51. The van der Waals surface area contributed by atoms with Crippen molar-refractivity contribution in [3.8, 4) is 0 Å². The molecule has 2 aliphatic heterocycles. The van der Waals surface area contributed by atoms with Crippen molar-refractivity contribution >= 4 is 13.3 Å². The molecule has 0 bridgehead atoms. The molecule has 6 heteroatoms. The van der Waals surface area contributed by atoms with Crippen molar-refractivity contribution in [2.45, 2.75) is 69.5 Å². The molecule has 2 fully saturated rings. The summed E-state index contributed by atoms with van der Waals surface area (Å²) in [5.74, 6) is -0.680. The number of fused-ring (bicyclic) bond motifs is 1. The van der Waals surface area contributed by atoms with Crippen LogP contribution >= 0.6 is 0 Å². The first-order chi connectivity index (χ1) is 11.2. The van der Waals surface area contributed by atoms with Crippen LogP contribution in [0.2, 0.25) is 19.1 Å². The normalized spacial score (nSPS) is 33.4. The summed E-state index contributed by atoms with van der Waals surface area (Å²) in [6, 6.07) is 11.1. The van der Waals surface area contributed by atoms with E-state index in [0.717, 1.165) is 0 Å². The fourth-order valence-electron chi connectivity index (χ4n) is 3.74. The summed E-state index contributed by atoms with van der Waals surface area (Å²) in [4.78, 5) is 0. The van der Waals surface area contributed by atoms with Crippen LogP contribution in [0, 0.1) is 0 Å². The van der Waals surface area contributed by atoms with Crippen LogP contribution in [0.3, 0.4) is 0 Å². The van der Waals surface area contributed by atoms with Gasteiger partial charge in [0.05, 0.1) is 14.2 Å². The molecule has 5 nitrogen and oxygen atoms in total. The summed E-state index contributed by atoms with van der Waals surface area (Å²) >= 11 is 0. The number of benzene rings is 1. The standard InChI is InChI=1S/C18H28O5Si/c1-18(2)22-15-14(21-17(20-3)16(15)23-18)13(19)11-24(4,5)12-9-7-6-8-10-12/h6-10,13-17,19H,11H2,1-5H3/t13-,14+,15+,16+,17+/m0/s1. The van der Waals surface area contributed by atoms with E-state index in [-0.39, 0.29) is 12.2 Å². The van der Waals surface area contributed by atoms with E-state index in [1.165, 1.54) is 5.19 Å². The summed E-state index contributed by atoms with van der Waals surface area (Å²) < 4.78 is 23.2. The smallest absolute Gasteiger partial charge is 0.186 e. The lowest BCUT2D eigenvalue weighted by Gasteiger charge is -2.31. The second-order valence-corrected chi connectivity index (χ2v) is 12.5. The topological polar surface area (TPSA) is 57.2 Å². The monoisotopic (exact) mass is 352 g/mol. The van der Waals surface area contributed by atoms with Crippen molar-refractivity contribution in [1.82, 2.24) is 0 Å². The number of hydrogen-bond donors (Lipinski definition) is 1. The Kier molecular flexibility index (Phi) is 4.90. The zero-order chi connectivity index (χ0) is 17.5. The predicted octanol–water partition coefficient (Wildman–Crippen LogP) is 1.85. The van der Waals surface area contributed by atoms with Gasteiger partial charge in [0.1, 0.15) is 18.3 Å². The van der Waals surface area contributed by atoms with Crippen LogP contribution in [0.5, 0.6) is 0 Å². The fourth-order valence-corrected chi connectivity index (χ4v) is 6.35. The Bertz CT molecular complexity index is 562. The summed E-state index contributed by atoms with van der Waals surface area (Å²) in [5, 5.41) is 12.2. The van der Waals surface area contributed by atoms with Crippen molar-refractivity contribution < 1.29 is 24.1 Å². The second kappa shape index (κ2) is 6.51. The van der Waals surface area contributed by atoms with Gasteiger partial charge >= 0.3 is 0 Å². The highest BCUT2D eigenvalue weighted by Gasteiger charge is 2.57. The molecule has 2 aliphatic rings. The summed E-state index contributed by atoms with van der Waals surface area (Å²) in [7, 11) is -0.198. The van der Waals surface area contributed by atoms with Crippen molar-refractivity contribution in [2.24, 2.45) is 0 Å². The molecular formula is C18H28O5Si. The van der Waals surface area contributed by atoms with Crippen molar-refractivity contribution in [1.29, 1.82) is 0 Å². The van der Waals surface area contributed by atoms with Gasteiger partial charge in [0.25, 0.3) is 0 Å². The minimum absolute atomic E-state index is 0.300. The predicted molar refractivity (Wildman–Crippen MR) is 93.9 cm³/mol. The zero-order valence-electron chi connectivity index (χ0n) is 15.1. The molecule has 2 heterocycles. The maximum atomic E-state index is 10.9. The second-order valence-electron chi connectivity index (χ2n) is 7.79.